The third-order valence-electron chi connectivity index (χ3n) is 3.66. The highest BCUT2D eigenvalue weighted by molar-refractivity contribution is 6.31. The number of halogens is 3. The molecule has 0 atom stereocenters. The van der Waals surface area contributed by atoms with Gasteiger partial charge < -0.3 is 5.32 Å². The fraction of sp³-hybridized carbons (Fsp3) is 0.500. The number of carbonyl (C=O) groups excluding carboxylic acids is 1. The van der Waals surface area contributed by atoms with Crippen molar-refractivity contribution in [2.24, 2.45) is 0 Å². The van der Waals surface area contributed by atoms with Crippen molar-refractivity contribution in [1.29, 1.82) is 0 Å². The summed E-state index contributed by atoms with van der Waals surface area (Å²) in [5, 5.41) is 21.7. The molecule has 0 aliphatic heterocycles. The number of hydrogen-bond donors (Lipinski definition) is 1. The van der Waals surface area contributed by atoms with Gasteiger partial charge in [-0.05, 0) is 20.3 Å². The Balaban J connectivity index is 1.89. The summed E-state index contributed by atoms with van der Waals surface area (Å²) in [5.74, 6) is -0.485. The number of nitro groups is 1. The van der Waals surface area contributed by atoms with E-state index in [0.717, 1.165) is 4.68 Å². The van der Waals surface area contributed by atoms with E-state index in [1.807, 2.05) is 0 Å². The zero-order valence-electron chi connectivity index (χ0n) is 14.1. The van der Waals surface area contributed by atoms with Crippen molar-refractivity contribution in [2.75, 3.05) is 6.54 Å². The van der Waals surface area contributed by atoms with Gasteiger partial charge in [0.2, 0.25) is 11.6 Å². The van der Waals surface area contributed by atoms with Crippen LogP contribution in [0.1, 0.15) is 29.9 Å². The van der Waals surface area contributed by atoms with Crippen LogP contribution in [-0.2, 0) is 17.9 Å². The van der Waals surface area contributed by atoms with Crippen molar-refractivity contribution < 1.29 is 18.5 Å². The minimum atomic E-state index is -3.09. The highest BCUT2D eigenvalue weighted by Crippen LogP contribution is 2.30. The number of amides is 1. The maximum Gasteiger partial charge on any atom is 0.319 e. The molecule has 9 nitrogen and oxygen atoms in total. The van der Waals surface area contributed by atoms with Gasteiger partial charge in [0.25, 0.3) is 6.43 Å². The number of aromatic nitrogens is 4. The van der Waals surface area contributed by atoms with Crippen molar-refractivity contribution in [2.45, 2.75) is 39.8 Å². The van der Waals surface area contributed by atoms with Crippen molar-refractivity contribution >= 4 is 23.2 Å². The van der Waals surface area contributed by atoms with E-state index in [9.17, 15) is 23.7 Å². The number of rotatable bonds is 8. The Labute approximate surface area is 152 Å². The predicted octanol–water partition coefficient (Wildman–Crippen LogP) is 2.40. The summed E-state index contributed by atoms with van der Waals surface area (Å²) in [6.45, 7) is 3.52. The largest absolute Gasteiger partial charge is 0.354 e. The molecule has 0 unspecified atom stereocenters. The van der Waals surface area contributed by atoms with Crippen LogP contribution < -0.4 is 5.32 Å². The van der Waals surface area contributed by atoms with Gasteiger partial charge in [0.05, 0.1) is 15.6 Å². The Hall–Kier alpha value is -2.56. The molecule has 0 aliphatic rings. The summed E-state index contributed by atoms with van der Waals surface area (Å²) in [4.78, 5) is 21.9. The standard InChI is InChI=1S/C14H17ClF2N6O3/c1-8-10(15)6-21(19-8)5-3-4-18-11(24)7-22-9(2)13(23(25)26)12(20-22)14(16)17/h6,14H,3-5,7H2,1-2H3,(H,18,24). The van der Waals surface area contributed by atoms with E-state index in [2.05, 4.69) is 15.5 Å². The van der Waals surface area contributed by atoms with E-state index in [0.29, 0.717) is 30.2 Å². The molecule has 2 heterocycles. The molecule has 0 saturated carbocycles. The van der Waals surface area contributed by atoms with Crippen LogP contribution in [0.5, 0.6) is 0 Å². The molecule has 0 fully saturated rings. The van der Waals surface area contributed by atoms with Gasteiger partial charge in [-0.25, -0.2) is 8.78 Å². The van der Waals surface area contributed by atoms with Gasteiger partial charge in [0.15, 0.2) is 0 Å². The van der Waals surface area contributed by atoms with E-state index in [-0.39, 0.29) is 12.2 Å². The number of aryl methyl sites for hydroxylation is 2. The summed E-state index contributed by atoms with van der Waals surface area (Å²) in [6.07, 6.45) is -0.844. The lowest BCUT2D eigenvalue weighted by Crippen LogP contribution is -2.29. The topological polar surface area (TPSA) is 108 Å². The van der Waals surface area contributed by atoms with Gasteiger partial charge in [0.1, 0.15) is 12.2 Å². The van der Waals surface area contributed by atoms with E-state index in [1.54, 1.807) is 17.8 Å². The van der Waals surface area contributed by atoms with Crippen molar-refractivity contribution in [3.05, 3.63) is 38.4 Å². The summed E-state index contributed by atoms with van der Waals surface area (Å²) in [6, 6.07) is 0. The first-order valence-corrected chi connectivity index (χ1v) is 8.04. The van der Waals surface area contributed by atoms with E-state index in [4.69, 9.17) is 11.6 Å². The number of carbonyl (C=O) groups is 1. The summed E-state index contributed by atoms with van der Waals surface area (Å²) in [7, 11) is 0. The summed E-state index contributed by atoms with van der Waals surface area (Å²) >= 11 is 5.89. The van der Waals surface area contributed by atoms with Crippen LogP contribution in [0.4, 0.5) is 14.5 Å². The second-order valence-electron chi connectivity index (χ2n) is 5.56. The van der Waals surface area contributed by atoms with Gasteiger partial charge in [-0.2, -0.15) is 10.2 Å². The minimum Gasteiger partial charge on any atom is -0.354 e. The van der Waals surface area contributed by atoms with Crippen LogP contribution in [0.3, 0.4) is 0 Å². The molecule has 0 aromatic carbocycles. The minimum absolute atomic E-state index is 0.0953. The zero-order valence-corrected chi connectivity index (χ0v) is 14.8. The van der Waals surface area contributed by atoms with Crippen LogP contribution in [0, 0.1) is 24.0 Å². The molecule has 0 bridgehead atoms. The molecule has 142 valence electrons. The quantitative estimate of drug-likeness (QED) is 0.423. The Bertz CT molecular complexity index is 800. The third kappa shape index (κ3) is 4.54. The van der Waals surface area contributed by atoms with Gasteiger partial charge in [0, 0.05) is 19.3 Å². The average Bonchev–Trinajstić information content (AvgIpc) is 3.04. The average molecular weight is 391 g/mol. The van der Waals surface area contributed by atoms with E-state index >= 15 is 0 Å². The van der Waals surface area contributed by atoms with Gasteiger partial charge in [-0.3, -0.25) is 24.3 Å². The molecule has 2 rings (SSSR count). The molecular weight excluding hydrogens is 374 g/mol. The molecule has 0 spiro atoms. The lowest BCUT2D eigenvalue weighted by atomic mass is 10.3. The molecule has 2 aromatic heterocycles. The third-order valence-corrected chi connectivity index (χ3v) is 4.03. The normalized spacial score (nSPS) is 11.2. The molecule has 1 N–H and O–H groups in total. The lowest BCUT2D eigenvalue weighted by molar-refractivity contribution is -0.386. The molecule has 26 heavy (non-hydrogen) atoms. The number of nitrogens with zero attached hydrogens (tertiary/aromatic N) is 5. The number of hydrogen-bond acceptors (Lipinski definition) is 5. The van der Waals surface area contributed by atoms with E-state index < -0.39 is 28.6 Å². The summed E-state index contributed by atoms with van der Waals surface area (Å²) in [5.41, 5.74) is -1.09. The maximum absolute atomic E-state index is 12.9. The van der Waals surface area contributed by atoms with Crippen LogP contribution in [0.25, 0.3) is 0 Å². The molecule has 2 aromatic rings. The highest BCUT2D eigenvalue weighted by atomic mass is 35.5. The van der Waals surface area contributed by atoms with Gasteiger partial charge in [-0.15, -0.1) is 0 Å². The molecule has 12 heteroatoms. The van der Waals surface area contributed by atoms with Crippen LogP contribution in [0.15, 0.2) is 6.20 Å². The Morgan fingerprint density at radius 3 is 2.62 bits per heavy atom. The van der Waals surface area contributed by atoms with Gasteiger partial charge in [-0.1, -0.05) is 11.6 Å². The maximum atomic E-state index is 12.9. The molecular formula is C14H17ClF2N6O3. The first kappa shape index (κ1) is 19.8. The van der Waals surface area contributed by atoms with E-state index in [1.165, 1.54) is 6.92 Å². The zero-order chi connectivity index (χ0) is 19.4. The van der Waals surface area contributed by atoms with Gasteiger partial charge >= 0.3 is 5.69 Å². The second kappa shape index (κ2) is 8.21. The fourth-order valence-electron chi connectivity index (χ4n) is 2.36. The van der Waals surface area contributed by atoms with Crippen LogP contribution >= 0.6 is 11.6 Å². The molecule has 0 aliphatic carbocycles. The Morgan fingerprint density at radius 1 is 1.42 bits per heavy atom. The van der Waals surface area contributed by atoms with Crippen LogP contribution in [0.2, 0.25) is 5.02 Å². The van der Waals surface area contributed by atoms with Crippen LogP contribution in [-0.4, -0.2) is 36.9 Å². The first-order chi connectivity index (χ1) is 12.2. The first-order valence-electron chi connectivity index (χ1n) is 7.66. The Kier molecular flexibility index (Phi) is 6.24. The predicted molar refractivity (Wildman–Crippen MR) is 88.2 cm³/mol. The fourth-order valence-corrected chi connectivity index (χ4v) is 2.51. The number of alkyl halides is 2. The highest BCUT2D eigenvalue weighted by Gasteiger charge is 2.31. The molecule has 1 amide bonds. The molecule has 0 saturated heterocycles. The summed E-state index contributed by atoms with van der Waals surface area (Å²) < 4.78 is 28.3. The monoisotopic (exact) mass is 390 g/mol. The SMILES string of the molecule is Cc1nn(CCCNC(=O)Cn2nc(C(F)F)c([N+](=O)[O-])c2C)cc1Cl. The smallest absolute Gasteiger partial charge is 0.319 e. The lowest BCUT2D eigenvalue weighted by Gasteiger charge is -2.06. The number of nitrogens with one attached hydrogen (secondary N) is 1. The molecule has 0 radical (unpaired) electrons. The van der Waals surface area contributed by atoms with Crippen molar-refractivity contribution in [3.8, 4) is 0 Å². The van der Waals surface area contributed by atoms with Crippen molar-refractivity contribution in [1.82, 2.24) is 24.9 Å². The van der Waals surface area contributed by atoms with Crippen molar-refractivity contribution in [3.63, 3.8) is 0 Å². The second-order valence-corrected chi connectivity index (χ2v) is 5.97. The Morgan fingerprint density at radius 2 is 2.12 bits per heavy atom.